The fourth-order valence-corrected chi connectivity index (χ4v) is 3.83. The molecule has 0 aliphatic carbocycles. The Balaban J connectivity index is 1.39. The number of hydrogen-bond donors (Lipinski definition) is 2. The zero-order chi connectivity index (χ0) is 26.6. The van der Waals surface area contributed by atoms with Gasteiger partial charge in [-0.05, 0) is 72.8 Å². The highest BCUT2D eigenvalue weighted by molar-refractivity contribution is 6.37. The minimum Gasteiger partial charge on any atom is -0.406 e. The predicted molar refractivity (Wildman–Crippen MR) is 138 cm³/mol. The second-order valence-corrected chi connectivity index (χ2v) is 8.45. The molecular formula is C25H18Cl2F3N5O2. The summed E-state index contributed by atoms with van der Waals surface area (Å²) in [6.07, 6.45) is -1.26. The van der Waals surface area contributed by atoms with Crippen molar-refractivity contribution in [1.29, 1.82) is 0 Å². The number of carbonyl (C=O) groups is 1. The lowest BCUT2D eigenvalue weighted by Crippen LogP contribution is -2.19. The standard InChI is InChI=1S/C25H18Cl2F3N5O2/c1-35-22(14-13-19-20(26)3-2-4-21(19)27)33-34-23(35)15-5-7-16(8-6-15)31-24(36)32-17-9-11-18(12-10-17)37-25(28,29)30/h2-14H,1H3,(H2,31,32,36)/b14-13+. The number of halogens is 5. The van der Waals surface area contributed by atoms with Crippen molar-refractivity contribution in [1.82, 2.24) is 14.8 Å². The number of rotatable bonds is 6. The molecule has 0 radical (unpaired) electrons. The van der Waals surface area contributed by atoms with Crippen LogP contribution in [0.2, 0.25) is 10.0 Å². The average molecular weight is 548 g/mol. The summed E-state index contributed by atoms with van der Waals surface area (Å²) >= 11 is 12.4. The largest absolute Gasteiger partial charge is 0.573 e. The van der Waals surface area contributed by atoms with Crippen LogP contribution in [0.15, 0.2) is 66.7 Å². The van der Waals surface area contributed by atoms with Crippen LogP contribution in [0.4, 0.5) is 29.3 Å². The van der Waals surface area contributed by atoms with E-state index in [4.69, 9.17) is 23.2 Å². The van der Waals surface area contributed by atoms with Gasteiger partial charge in [0.2, 0.25) is 0 Å². The number of urea groups is 1. The van der Waals surface area contributed by atoms with Crippen LogP contribution >= 0.6 is 23.2 Å². The third kappa shape index (κ3) is 6.81. The lowest BCUT2D eigenvalue weighted by atomic mass is 10.2. The van der Waals surface area contributed by atoms with Gasteiger partial charge in [0.1, 0.15) is 5.75 Å². The molecule has 3 aromatic carbocycles. The topological polar surface area (TPSA) is 81.1 Å². The molecule has 2 N–H and O–H groups in total. The van der Waals surface area contributed by atoms with Gasteiger partial charge >= 0.3 is 12.4 Å². The number of benzene rings is 3. The van der Waals surface area contributed by atoms with E-state index in [1.165, 1.54) is 12.1 Å². The Morgan fingerprint density at radius 3 is 2.03 bits per heavy atom. The summed E-state index contributed by atoms with van der Waals surface area (Å²) in [5, 5.41) is 14.7. The lowest BCUT2D eigenvalue weighted by molar-refractivity contribution is -0.274. The second kappa shape index (κ2) is 10.9. The summed E-state index contributed by atoms with van der Waals surface area (Å²) in [5.74, 6) is 0.797. The molecular weight excluding hydrogens is 530 g/mol. The second-order valence-electron chi connectivity index (χ2n) is 7.64. The summed E-state index contributed by atoms with van der Waals surface area (Å²) in [6.45, 7) is 0. The van der Waals surface area contributed by atoms with Crippen LogP contribution in [0.5, 0.6) is 5.75 Å². The molecule has 0 bridgehead atoms. The molecule has 0 saturated carbocycles. The number of ether oxygens (including phenoxy) is 1. The minimum absolute atomic E-state index is 0.293. The van der Waals surface area contributed by atoms with E-state index in [-0.39, 0.29) is 5.75 Å². The molecule has 190 valence electrons. The number of nitrogens with one attached hydrogen (secondary N) is 2. The third-order valence-electron chi connectivity index (χ3n) is 5.05. The molecule has 0 atom stereocenters. The number of nitrogens with zero attached hydrogens (tertiary/aromatic N) is 3. The van der Waals surface area contributed by atoms with Crippen molar-refractivity contribution in [2.75, 3.05) is 10.6 Å². The lowest BCUT2D eigenvalue weighted by Gasteiger charge is -2.11. The highest BCUT2D eigenvalue weighted by atomic mass is 35.5. The molecule has 7 nitrogen and oxygen atoms in total. The predicted octanol–water partition coefficient (Wildman–Crippen LogP) is 7.50. The van der Waals surface area contributed by atoms with Crippen molar-refractivity contribution in [2.45, 2.75) is 6.36 Å². The third-order valence-corrected chi connectivity index (χ3v) is 5.71. The monoisotopic (exact) mass is 547 g/mol. The van der Waals surface area contributed by atoms with Crippen LogP contribution < -0.4 is 15.4 Å². The van der Waals surface area contributed by atoms with Crippen molar-refractivity contribution in [3.05, 3.63) is 88.2 Å². The SMILES string of the molecule is Cn1c(/C=C/c2c(Cl)cccc2Cl)nnc1-c1ccc(NC(=O)Nc2ccc(OC(F)(F)F)cc2)cc1. The fraction of sp³-hybridized carbons (Fsp3) is 0.0800. The Labute approximate surface area is 219 Å². The first kappa shape index (κ1) is 26.1. The fourth-order valence-electron chi connectivity index (χ4n) is 3.30. The van der Waals surface area contributed by atoms with E-state index in [0.717, 1.165) is 17.7 Å². The number of amides is 2. The van der Waals surface area contributed by atoms with E-state index < -0.39 is 12.4 Å². The van der Waals surface area contributed by atoms with Crippen LogP contribution in [-0.4, -0.2) is 27.2 Å². The Kier molecular flexibility index (Phi) is 7.70. The van der Waals surface area contributed by atoms with Gasteiger partial charge in [0.05, 0.1) is 0 Å². The number of aromatic nitrogens is 3. The summed E-state index contributed by atoms with van der Waals surface area (Å²) in [5.41, 5.74) is 2.22. The van der Waals surface area contributed by atoms with Crippen LogP contribution in [0.25, 0.3) is 23.5 Å². The Morgan fingerprint density at radius 2 is 1.46 bits per heavy atom. The first-order valence-electron chi connectivity index (χ1n) is 10.6. The average Bonchev–Trinajstić information content (AvgIpc) is 3.20. The molecule has 0 saturated heterocycles. The first-order chi connectivity index (χ1) is 17.6. The van der Waals surface area contributed by atoms with E-state index in [2.05, 4.69) is 25.6 Å². The molecule has 4 rings (SSSR count). The quantitative estimate of drug-likeness (QED) is 0.262. The van der Waals surface area contributed by atoms with E-state index in [1.807, 2.05) is 7.05 Å². The van der Waals surface area contributed by atoms with Crippen LogP contribution in [0.3, 0.4) is 0 Å². The van der Waals surface area contributed by atoms with E-state index in [9.17, 15) is 18.0 Å². The Hall–Kier alpha value is -4.02. The maximum absolute atomic E-state index is 12.3. The smallest absolute Gasteiger partial charge is 0.406 e. The van der Waals surface area contributed by atoms with Crippen molar-refractivity contribution in [2.24, 2.45) is 7.05 Å². The van der Waals surface area contributed by atoms with Crippen LogP contribution in [0.1, 0.15) is 11.4 Å². The molecule has 0 aliphatic heterocycles. The van der Waals surface area contributed by atoms with E-state index in [1.54, 1.807) is 59.2 Å². The molecule has 1 aromatic heterocycles. The van der Waals surface area contributed by atoms with Gasteiger partial charge in [-0.25, -0.2) is 4.79 Å². The maximum Gasteiger partial charge on any atom is 0.573 e. The summed E-state index contributed by atoms with van der Waals surface area (Å²) in [7, 11) is 1.81. The highest BCUT2D eigenvalue weighted by Crippen LogP contribution is 2.27. The number of anilines is 2. The number of hydrogen-bond acceptors (Lipinski definition) is 4. The van der Waals surface area contributed by atoms with E-state index >= 15 is 0 Å². The molecule has 0 fully saturated rings. The van der Waals surface area contributed by atoms with Gasteiger partial charge in [-0.1, -0.05) is 29.3 Å². The maximum atomic E-state index is 12.3. The van der Waals surface area contributed by atoms with Gasteiger partial charge < -0.3 is 19.9 Å². The van der Waals surface area contributed by atoms with Gasteiger partial charge in [-0.15, -0.1) is 23.4 Å². The molecule has 0 unspecified atom stereocenters. The normalized spacial score (nSPS) is 11.5. The molecule has 0 spiro atoms. The molecule has 1 heterocycles. The van der Waals surface area contributed by atoms with Crippen molar-refractivity contribution >= 4 is 52.8 Å². The van der Waals surface area contributed by atoms with Crippen LogP contribution in [-0.2, 0) is 7.05 Å². The van der Waals surface area contributed by atoms with Gasteiger partial charge in [0.15, 0.2) is 11.6 Å². The molecule has 2 amide bonds. The summed E-state index contributed by atoms with van der Waals surface area (Å²) in [4.78, 5) is 12.3. The number of carbonyl (C=O) groups excluding carboxylic acids is 1. The molecule has 0 aliphatic rings. The molecule has 4 aromatic rings. The van der Waals surface area contributed by atoms with Crippen molar-refractivity contribution < 1.29 is 22.7 Å². The van der Waals surface area contributed by atoms with Gasteiger partial charge in [-0.2, -0.15) is 0 Å². The summed E-state index contributed by atoms with van der Waals surface area (Å²) < 4.78 is 42.4. The number of alkyl halides is 3. The van der Waals surface area contributed by atoms with Gasteiger partial charge in [0.25, 0.3) is 0 Å². The Morgan fingerprint density at radius 1 is 0.892 bits per heavy atom. The molecule has 37 heavy (non-hydrogen) atoms. The zero-order valence-electron chi connectivity index (χ0n) is 19.1. The minimum atomic E-state index is -4.79. The van der Waals surface area contributed by atoms with Gasteiger partial charge in [-0.3, -0.25) is 0 Å². The van der Waals surface area contributed by atoms with Crippen molar-refractivity contribution in [3.63, 3.8) is 0 Å². The van der Waals surface area contributed by atoms with Crippen molar-refractivity contribution in [3.8, 4) is 17.1 Å². The first-order valence-corrected chi connectivity index (χ1v) is 11.4. The highest BCUT2D eigenvalue weighted by Gasteiger charge is 2.31. The zero-order valence-corrected chi connectivity index (χ0v) is 20.6. The molecule has 12 heteroatoms. The van der Waals surface area contributed by atoms with Crippen LogP contribution in [0, 0.1) is 0 Å². The van der Waals surface area contributed by atoms with Gasteiger partial charge in [0, 0.05) is 39.6 Å². The summed E-state index contributed by atoms with van der Waals surface area (Å²) in [6, 6.07) is 16.4. The van der Waals surface area contributed by atoms with E-state index in [0.29, 0.717) is 38.6 Å². The Bertz CT molecular complexity index is 1420.